The molecule has 0 fully saturated rings. The Bertz CT molecular complexity index is 900. The lowest BCUT2D eigenvalue weighted by molar-refractivity contribution is 0.0691. The predicted octanol–water partition coefficient (Wildman–Crippen LogP) is 4.06. The maximum atomic E-state index is 11.6. The molecule has 132 valence electrons. The van der Waals surface area contributed by atoms with E-state index < -0.39 is 5.97 Å². The molecule has 0 saturated heterocycles. The van der Waals surface area contributed by atoms with Gasteiger partial charge in [-0.05, 0) is 31.2 Å². The minimum absolute atomic E-state index is 0.118. The molecule has 0 radical (unpaired) electrons. The molecule has 0 aliphatic carbocycles. The summed E-state index contributed by atoms with van der Waals surface area (Å²) in [5.74, 6) is -0.245. The van der Waals surface area contributed by atoms with Gasteiger partial charge in [0.15, 0.2) is 5.69 Å². The standard InChI is InChI=1S/C19H18N4O3/c1-2-26-15-10-6-9-14(11-15)22-19-20-12-16(17(23-19)18(24)25)21-13-7-4-3-5-8-13/h3-12,21H,2H2,1H3,(H,24,25)(H,20,22,23). The number of carboxylic acids is 1. The highest BCUT2D eigenvalue weighted by atomic mass is 16.5. The summed E-state index contributed by atoms with van der Waals surface area (Å²) in [7, 11) is 0. The van der Waals surface area contributed by atoms with E-state index in [1.54, 1.807) is 6.07 Å². The first kappa shape index (κ1) is 17.2. The lowest BCUT2D eigenvalue weighted by atomic mass is 10.3. The van der Waals surface area contributed by atoms with Crippen LogP contribution in [-0.4, -0.2) is 27.7 Å². The summed E-state index contributed by atoms with van der Waals surface area (Å²) in [4.78, 5) is 19.9. The van der Waals surface area contributed by atoms with Crippen molar-refractivity contribution in [3.8, 4) is 5.75 Å². The van der Waals surface area contributed by atoms with Crippen LogP contribution in [-0.2, 0) is 0 Å². The molecule has 0 atom stereocenters. The largest absolute Gasteiger partial charge is 0.494 e. The van der Waals surface area contributed by atoms with Gasteiger partial charge in [0.2, 0.25) is 5.95 Å². The normalized spacial score (nSPS) is 10.2. The fourth-order valence-electron chi connectivity index (χ4n) is 2.33. The van der Waals surface area contributed by atoms with Gasteiger partial charge >= 0.3 is 5.97 Å². The molecule has 1 heterocycles. The van der Waals surface area contributed by atoms with E-state index in [1.165, 1.54) is 6.20 Å². The summed E-state index contributed by atoms with van der Waals surface area (Å²) in [5.41, 5.74) is 1.66. The Balaban J connectivity index is 1.84. The van der Waals surface area contributed by atoms with Gasteiger partial charge in [-0.3, -0.25) is 0 Å². The van der Waals surface area contributed by atoms with Crippen LogP contribution in [0.1, 0.15) is 17.4 Å². The molecule has 1 aromatic heterocycles. The average Bonchev–Trinajstić information content (AvgIpc) is 2.64. The van der Waals surface area contributed by atoms with Crippen LogP contribution in [0.15, 0.2) is 60.8 Å². The van der Waals surface area contributed by atoms with Crippen LogP contribution in [0.4, 0.5) is 23.0 Å². The molecule has 3 rings (SSSR count). The predicted molar refractivity (Wildman–Crippen MR) is 99.6 cm³/mol. The third-order valence-corrected chi connectivity index (χ3v) is 3.45. The minimum atomic E-state index is -1.14. The van der Waals surface area contributed by atoms with Crippen molar-refractivity contribution in [3.63, 3.8) is 0 Å². The number of nitrogens with zero attached hydrogens (tertiary/aromatic N) is 2. The van der Waals surface area contributed by atoms with E-state index in [2.05, 4.69) is 20.6 Å². The third kappa shape index (κ3) is 4.27. The Kier molecular flexibility index (Phi) is 5.28. The number of hydrogen-bond acceptors (Lipinski definition) is 6. The lowest BCUT2D eigenvalue weighted by Crippen LogP contribution is -2.09. The first-order valence-electron chi connectivity index (χ1n) is 8.08. The molecule has 7 nitrogen and oxygen atoms in total. The summed E-state index contributed by atoms with van der Waals surface area (Å²) >= 11 is 0. The lowest BCUT2D eigenvalue weighted by Gasteiger charge is -2.11. The van der Waals surface area contributed by atoms with Crippen molar-refractivity contribution < 1.29 is 14.6 Å². The second-order valence-corrected chi connectivity index (χ2v) is 5.34. The Labute approximate surface area is 150 Å². The maximum absolute atomic E-state index is 11.6. The summed E-state index contributed by atoms with van der Waals surface area (Å²) in [6.07, 6.45) is 1.44. The van der Waals surface area contributed by atoms with Crippen LogP contribution < -0.4 is 15.4 Å². The molecule has 0 spiro atoms. The van der Waals surface area contributed by atoms with E-state index in [-0.39, 0.29) is 11.6 Å². The fraction of sp³-hybridized carbons (Fsp3) is 0.105. The zero-order valence-corrected chi connectivity index (χ0v) is 14.1. The molecule has 3 N–H and O–H groups in total. The number of aromatic nitrogens is 2. The molecule has 26 heavy (non-hydrogen) atoms. The highest BCUT2D eigenvalue weighted by Crippen LogP contribution is 2.23. The topological polar surface area (TPSA) is 96.4 Å². The molecule has 0 amide bonds. The second kappa shape index (κ2) is 7.98. The number of carbonyl (C=O) groups is 1. The molecule has 0 bridgehead atoms. The molecule has 0 unspecified atom stereocenters. The van der Waals surface area contributed by atoms with E-state index in [0.717, 1.165) is 5.69 Å². The van der Waals surface area contributed by atoms with Crippen molar-refractivity contribution in [3.05, 3.63) is 66.5 Å². The third-order valence-electron chi connectivity index (χ3n) is 3.45. The van der Waals surface area contributed by atoms with Crippen LogP contribution in [0.3, 0.4) is 0 Å². The number of ether oxygens (including phenoxy) is 1. The van der Waals surface area contributed by atoms with Crippen molar-refractivity contribution >= 4 is 29.0 Å². The zero-order chi connectivity index (χ0) is 18.4. The minimum Gasteiger partial charge on any atom is -0.494 e. The molecular weight excluding hydrogens is 332 g/mol. The van der Waals surface area contributed by atoms with Crippen LogP contribution in [0, 0.1) is 0 Å². The molecule has 0 saturated carbocycles. The van der Waals surface area contributed by atoms with Gasteiger partial charge in [-0.25, -0.2) is 14.8 Å². The van der Waals surface area contributed by atoms with Gasteiger partial charge in [0.1, 0.15) is 5.75 Å². The van der Waals surface area contributed by atoms with Gasteiger partial charge in [0.05, 0.1) is 18.5 Å². The molecule has 0 aliphatic heterocycles. The number of aromatic carboxylic acids is 1. The van der Waals surface area contributed by atoms with Crippen LogP contribution in [0.25, 0.3) is 0 Å². The van der Waals surface area contributed by atoms with Crippen molar-refractivity contribution in [2.24, 2.45) is 0 Å². The Morgan fingerprint density at radius 1 is 1.08 bits per heavy atom. The molecule has 3 aromatic rings. The monoisotopic (exact) mass is 350 g/mol. The summed E-state index contributed by atoms with van der Waals surface area (Å²) in [6, 6.07) is 16.5. The quantitative estimate of drug-likeness (QED) is 0.591. The first-order valence-corrected chi connectivity index (χ1v) is 8.08. The van der Waals surface area contributed by atoms with Gasteiger partial charge < -0.3 is 20.5 Å². The van der Waals surface area contributed by atoms with Crippen molar-refractivity contribution in [2.45, 2.75) is 6.92 Å². The van der Waals surface area contributed by atoms with E-state index in [4.69, 9.17) is 4.74 Å². The second-order valence-electron chi connectivity index (χ2n) is 5.34. The van der Waals surface area contributed by atoms with Crippen LogP contribution in [0.5, 0.6) is 5.75 Å². The summed E-state index contributed by atoms with van der Waals surface area (Å²) in [5, 5.41) is 15.5. The summed E-state index contributed by atoms with van der Waals surface area (Å²) in [6.45, 7) is 2.46. The highest BCUT2D eigenvalue weighted by Gasteiger charge is 2.15. The van der Waals surface area contributed by atoms with Crippen molar-refractivity contribution in [1.29, 1.82) is 0 Å². The molecule has 2 aromatic carbocycles. The zero-order valence-electron chi connectivity index (χ0n) is 14.1. The fourth-order valence-corrected chi connectivity index (χ4v) is 2.33. The van der Waals surface area contributed by atoms with Gasteiger partial charge in [-0.15, -0.1) is 0 Å². The number of benzene rings is 2. The van der Waals surface area contributed by atoms with Crippen molar-refractivity contribution in [1.82, 2.24) is 9.97 Å². The number of carboxylic acid groups (broad SMARTS) is 1. The van der Waals surface area contributed by atoms with Gasteiger partial charge in [-0.1, -0.05) is 24.3 Å². The smallest absolute Gasteiger partial charge is 0.356 e. The average molecular weight is 350 g/mol. The first-order chi connectivity index (χ1) is 12.7. The number of rotatable bonds is 7. The SMILES string of the molecule is CCOc1cccc(Nc2ncc(Nc3ccccc3)c(C(=O)O)n2)c1. The van der Waals surface area contributed by atoms with Gasteiger partial charge in [0, 0.05) is 17.4 Å². The van der Waals surface area contributed by atoms with Crippen molar-refractivity contribution in [2.75, 3.05) is 17.2 Å². The Morgan fingerprint density at radius 2 is 1.85 bits per heavy atom. The Morgan fingerprint density at radius 3 is 2.58 bits per heavy atom. The Hall–Kier alpha value is -3.61. The van der Waals surface area contributed by atoms with Crippen LogP contribution >= 0.6 is 0 Å². The number of nitrogens with one attached hydrogen (secondary N) is 2. The van der Waals surface area contributed by atoms with E-state index in [0.29, 0.717) is 23.7 Å². The van der Waals surface area contributed by atoms with E-state index in [9.17, 15) is 9.90 Å². The van der Waals surface area contributed by atoms with Gasteiger partial charge in [0.25, 0.3) is 0 Å². The molecule has 0 aliphatic rings. The number of anilines is 4. The number of para-hydroxylation sites is 1. The highest BCUT2D eigenvalue weighted by molar-refractivity contribution is 5.93. The molecule has 7 heteroatoms. The maximum Gasteiger partial charge on any atom is 0.356 e. The van der Waals surface area contributed by atoms with Crippen LogP contribution in [0.2, 0.25) is 0 Å². The number of hydrogen-bond donors (Lipinski definition) is 3. The summed E-state index contributed by atoms with van der Waals surface area (Å²) < 4.78 is 5.45. The van der Waals surface area contributed by atoms with E-state index >= 15 is 0 Å². The van der Waals surface area contributed by atoms with Gasteiger partial charge in [-0.2, -0.15) is 0 Å². The molecular formula is C19H18N4O3. The van der Waals surface area contributed by atoms with E-state index in [1.807, 2.05) is 55.5 Å².